The Morgan fingerprint density at radius 1 is 1.33 bits per heavy atom. The molecular formula is C16H17N3OS. The zero-order valence-electron chi connectivity index (χ0n) is 11.7. The van der Waals surface area contributed by atoms with Crippen molar-refractivity contribution in [2.75, 3.05) is 0 Å². The van der Waals surface area contributed by atoms with Crippen LogP contribution in [0.4, 0.5) is 0 Å². The summed E-state index contributed by atoms with van der Waals surface area (Å²) in [6.45, 7) is 2.38. The van der Waals surface area contributed by atoms with Gasteiger partial charge in [0.1, 0.15) is 5.92 Å². The van der Waals surface area contributed by atoms with E-state index in [1.807, 2.05) is 43.3 Å². The van der Waals surface area contributed by atoms with Gasteiger partial charge in [0.2, 0.25) is 5.91 Å². The number of nitrogens with two attached hydrogens (primary N) is 1. The minimum absolute atomic E-state index is 0.171. The third-order valence-electron chi connectivity index (χ3n) is 3.27. The summed E-state index contributed by atoms with van der Waals surface area (Å²) in [4.78, 5) is 16.6. The molecule has 1 heterocycles. The smallest absolute Gasteiger partial charge is 0.234 e. The Labute approximate surface area is 129 Å². The second-order valence-electron chi connectivity index (χ2n) is 4.77. The molecule has 3 N–H and O–H groups in total. The van der Waals surface area contributed by atoms with Crippen molar-refractivity contribution in [2.24, 2.45) is 5.73 Å². The second-order valence-corrected chi connectivity index (χ2v) is 5.24. The molecule has 0 fully saturated rings. The van der Waals surface area contributed by atoms with Crippen LogP contribution in [0, 0.1) is 6.92 Å². The highest BCUT2D eigenvalue weighted by Gasteiger charge is 2.23. The van der Waals surface area contributed by atoms with Gasteiger partial charge in [0.15, 0.2) is 0 Å². The molecule has 0 aliphatic heterocycles. The van der Waals surface area contributed by atoms with Crippen molar-refractivity contribution < 1.29 is 4.79 Å². The molecule has 0 saturated carbocycles. The van der Waals surface area contributed by atoms with Crippen molar-refractivity contribution in [1.82, 2.24) is 10.3 Å². The van der Waals surface area contributed by atoms with Gasteiger partial charge in [0.25, 0.3) is 0 Å². The SMILES string of the molecule is Cc1cnccc1CNC(=O)C(C(N)=S)c1ccccc1. The van der Waals surface area contributed by atoms with Crippen molar-refractivity contribution in [3.8, 4) is 0 Å². The summed E-state index contributed by atoms with van der Waals surface area (Å²) < 4.78 is 0. The molecule has 5 heteroatoms. The van der Waals surface area contributed by atoms with Gasteiger partial charge in [-0.1, -0.05) is 42.5 Å². The summed E-state index contributed by atoms with van der Waals surface area (Å²) in [5, 5.41) is 2.89. The monoisotopic (exact) mass is 299 g/mol. The van der Waals surface area contributed by atoms with E-state index < -0.39 is 5.92 Å². The first-order chi connectivity index (χ1) is 10.1. The van der Waals surface area contributed by atoms with E-state index in [1.54, 1.807) is 12.4 Å². The van der Waals surface area contributed by atoms with Gasteiger partial charge in [-0.3, -0.25) is 9.78 Å². The standard InChI is InChI=1S/C16H17N3OS/c1-11-9-18-8-7-13(11)10-19-16(20)14(15(17)21)12-5-3-2-4-6-12/h2-9,14H,10H2,1H3,(H2,17,21)(H,19,20). The molecule has 1 unspecified atom stereocenters. The average Bonchev–Trinajstić information content (AvgIpc) is 2.47. The molecule has 4 nitrogen and oxygen atoms in total. The molecule has 0 bridgehead atoms. The third kappa shape index (κ3) is 3.86. The van der Waals surface area contributed by atoms with Crippen molar-refractivity contribution >= 4 is 23.1 Å². The Kier molecular flexibility index (Phi) is 5.00. The molecule has 108 valence electrons. The number of benzene rings is 1. The first-order valence-electron chi connectivity index (χ1n) is 6.61. The second kappa shape index (κ2) is 6.95. The fourth-order valence-electron chi connectivity index (χ4n) is 2.08. The normalized spacial score (nSPS) is 11.7. The highest BCUT2D eigenvalue weighted by atomic mass is 32.1. The first-order valence-corrected chi connectivity index (χ1v) is 7.02. The molecule has 21 heavy (non-hydrogen) atoms. The molecule has 2 aromatic rings. The molecule has 0 spiro atoms. The summed E-state index contributed by atoms with van der Waals surface area (Å²) in [5.74, 6) is -0.798. The van der Waals surface area contributed by atoms with Gasteiger partial charge in [0, 0.05) is 18.9 Å². The maximum atomic E-state index is 12.4. The molecule has 1 amide bonds. The molecule has 0 radical (unpaired) electrons. The van der Waals surface area contributed by atoms with E-state index in [0.29, 0.717) is 6.54 Å². The van der Waals surface area contributed by atoms with Crippen molar-refractivity contribution in [1.29, 1.82) is 0 Å². The number of carbonyl (C=O) groups excluding carboxylic acids is 1. The van der Waals surface area contributed by atoms with E-state index in [9.17, 15) is 4.79 Å². The van der Waals surface area contributed by atoms with Gasteiger partial charge in [0.05, 0.1) is 4.99 Å². The molecule has 1 atom stereocenters. The quantitative estimate of drug-likeness (QED) is 0.829. The predicted molar refractivity (Wildman–Crippen MR) is 86.8 cm³/mol. The third-order valence-corrected chi connectivity index (χ3v) is 3.50. The predicted octanol–water partition coefficient (Wildman–Crippen LogP) is 2.08. The Bertz CT molecular complexity index is 643. The van der Waals surface area contributed by atoms with Crippen LogP contribution in [0.5, 0.6) is 0 Å². The maximum absolute atomic E-state index is 12.4. The van der Waals surface area contributed by atoms with Crippen LogP contribution in [-0.2, 0) is 11.3 Å². The van der Waals surface area contributed by atoms with E-state index in [2.05, 4.69) is 10.3 Å². The number of nitrogens with one attached hydrogen (secondary N) is 1. The van der Waals surface area contributed by atoms with Crippen LogP contribution in [0.1, 0.15) is 22.6 Å². The molecule has 1 aromatic heterocycles. The minimum Gasteiger partial charge on any atom is -0.392 e. The lowest BCUT2D eigenvalue weighted by Gasteiger charge is -2.16. The topological polar surface area (TPSA) is 68.0 Å². The highest BCUT2D eigenvalue weighted by molar-refractivity contribution is 7.80. The largest absolute Gasteiger partial charge is 0.392 e. The van der Waals surface area contributed by atoms with Gasteiger partial charge in [-0.25, -0.2) is 0 Å². The molecule has 1 aromatic carbocycles. The number of nitrogens with zero attached hydrogens (tertiary/aromatic N) is 1. The Balaban J connectivity index is 2.10. The summed E-state index contributed by atoms with van der Waals surface area (Å²) >= 11 is 5.04. The highest BCUT2D eigenvalue weighted by Crippen LogP contribution is 2.16. The van der Waals surface area contributed by atoms with E-state index >= 15 is 0 Å². The van der Waals surface area contributed by atoms with Gasteiger partial charge in [-0.05, 0) is 29.7 Å². The number of hydrogen-bond donors (Lipinski definition) is 2. The zero-order chi connectivity index (χ0) is 15.2. The average molecular weight is 299 g/mol. The molecule has 0 aliphatic carbocycles. The van der Waals surface area contributed by atoms with Crippen molar-refractivity contribution in [3.63, 3.8) is 0 Å². The number of rotatable bonds is 5. The van der Waals surface area contributed by atoms with E-state index in [0.717, 1.165) is 16.7 Å². The van der Waals surface area contributed by atoms with Crippen LogP contribution in [0.25, 0.3) is 0 Å². The van der Waals surface area contributed by atoms with Crippen LogP contribution in [0.3, 0.4) is 0 Å². The van der Waals surface area contributed by atoms with E-state index in [1.165, 1.54) is 0 Å². The zero-order valence-corrected chi connectivity index (χ0v) is 12.6. The van der Waals surface area contributed by atoms with Crippen LogP contribution in [0.15, 0.2) is 48.8 Å². The molecule has 0 saturated heterocycles. The number of carbonyl (C=O) groups is 1. The van der Waals surface area contributed by atoms with Gasteiger partial charge in [-0.15, -0.1) is 0 Å². The molecular weight excluding hydrogens is 282 g/mol. The lowest BCUT2D eigenvalue weighted by Crippen LogP contribution is -2.36. The number of thiocarbonyl (C=S) groups is 1. The van der Waals surface area contributed by atoms with Gasteiger partial charge < -0.3 is 11.1 Å². The summed E-state index contributed by atoms with van der Waals surface area (Å²) in [6, 6.07) is 11.2. The Morgan fingerprint density at radius 2 is 2.05 bits per heavy atom. The number of amides is 1. The molecule has 2 rings (SSSR count). The minimum atomic E-state index is -0.608. The van der Waals surface area contributed by atoms with Crippen LogP contribution >= 0.6 is 12.2 Å². The van der Waals surface area contributed by atoms with Crippen LogP contribution < -0.4 is 11.1 Å². The number of aryl methyl sites for hydroxylation is 1. The Morgan fingerprint density at radius 3 is 2.67 bits per heavy atom. The lowest BCUT2D eigenvalue weighted by molar-refractivity contribution is -0.121. The summed E-state index contributed by atoms with van der Waals surface area (Å²) in [7, 11) is 0. The van der Waals surface area contributed by atoms with Crippen LogP contribution in [-0.4, -0.2) is 15.9 Å². The van der Waals surface area contributed by atoms with E-state index in [4.69, 9.17) is 18.0 Å². The summed E-state index contributed by atoms with van der Waals surface area (Å²) in [6.07, 6.45) is 3.47. The van der Waals surface area contributed by atoms with E-state index in [-0.39, 0.29) is 10.9 Å². The Hall–Kier alpha value is -2.27. The number of hydrogen-bond acceptors (Lipinski definition) is 3. The molecule has 0 aliphatic rings. The lowest BCUT2D eigenvalue weighted by atomic mass is 9.98. The maximum Gasteiger partial charge on any atom is 0.234 e. The fraction of sp³-hybridized carbons (Fsp3) is 0.188. The first kappa shape index (κ1) is 15.1. The summed E-state index contributed by atoms with van der Waals surface area (Å²) in [5.41, 5.74) is 8.58. The van der Waals surface area contributed by atoms with Crippen molar-refractivity contribution in [2.45, 2.75) is 19.4 Å². The van der Waals surface area contributed by atoms with Gasteiger partial charge in [-0.2, -0.15) is 0 Å². The number of aromatic nitrogens is 1. The van der Waals surface area contributed by atoms with Crippen LogP contribution in [0.2, 0.25) is 0 Å². The fourth-order valence-corrected chi connectivity index (χ4v) is 2.32. The van der Waals surface area contributed by atoms with Gasteiger partial charge >= 0.3 is 0 Å². The number of pyridine rings is 1. The van der Waals surface area contributed by atoms with Crippen molar-refractivity contribution in [3.05, 3.63) is 65.5 Å².